The van der Waals surface area contributed by atoms with E-state index in [1.54, 1.807) is 33.9 Å². The van der Waals surface area contributed by atoms with Crippen LogP contribution in [-0.4, -0.2) is 32.4 Å². The Bertz CT molecular complexity index is 597. The van der Waals surface area contributed by atoms with E-state index in [1.807, 2.05) is 0 Å². The van der Waals surface area contributed by atoms with Crippen LogP contribution in [0.4, 0.5) is 8.78 Å². The fourth-order valence-electron chi connectivity index (χ4n) is 1.96. The second-order valence-electron chi connectivity index (χ2n) is 5.42. The molecule has 0 amide bonds. The molecule has 2 N–H and O–H groups in total. The van der Waals surface area contributed by atoms with Crippen LogP contribution >= 0.6 is 0 Å². The molecule has 4 nitrogen and oxygen atoms in total. The Kier molecular flexibility index (Phi) is 10.1. The molecule has 0 spiro atoms. The van der Waals surface area contributed by atoms with Crippen LogP contribution in [0.5, 0.6) is 0 Å². The smallest absolute Gasteiger partial charge is 0.0539 e. The first-order valence-electron chi connectivity index (χ1n) is 7.24. The van der Waals surface area contributed by atoms with Crippen LogP contribution in [0.15, 0.2) is 18.3 Å². The number of nitrogens with zero attached hydrogens (tertiary/aromatic N) is 2. The first-order valence-corrected chi connectivity index (χ1v) is 7.24. The summed E-state index contributed by atoms with van der Waals surface area (Å²) in [5.74, 6) is -1.33. The Labute approximate surface area is 155 Å². The molecule has 2 unspecified atom stereocenters. The molecule has 0 saturated carbocycles. The van der Waals surface area contributed by atoms with Gasteiger partial charge in [0.2, 0.25) is 0 Å². The summed E-state index contributed by atoms with van der Waals surface area (Å²) in [6, 6.07) is 4.42. The average molecular weight is 518 g/mol. The Morgan fingerprint density at radius 3 is 2.17 bits per heavy atom. The van der Waals surface area contributed by atoms with Gasteiger partial charge in [0, 0.05) is 50.3 Å². The summed E-state index contributed by atoms with van der Waals surface area (Å²) in [4.78, 5) is 8.25. The van der Waals surface area contributed by atoms with E-state index in [2.05, 4.69) is 16.0 Å². The van der Waals surface area contributed by atoms with Crippen LogP contribution in [0, 0.1) is 31.5 Å². The quantitative estimate of drug-likeness (QED) is 0.614. The molecule has 0 radical (unpaired) electrons. The van der Waals surface area contributed by atoms with Gasteiger partial charge in [-0.05, 0) is 34.1 Å². The summed E-state index contributed by atoms with van der Waals surface area (Å²) in [5.41, 5.74) is 1.89. The summed E-state index contributed by atoms with van der Waals surface area (Å²) in [6.07, 6.45) is 1.26. The Balaban J connectivity index is 0.000000570. The SMILES string of the molecule is CC(O)CC(C)O.Cc1cnc(-c2[c-]cc(F)cc2F)c(C)n1.[Pt]. The summed E-state index contributed by atoms with van der Waals surface area (Å²) < 4.78 is 26.2. The maximum Gasteiger partial charge on any atom is 0.0539 e. The molecule has 2 atom stereocenters. The van der Waals surface area contributed by atoms with Crippen molar-refractivity contribution in [2.24, 2.45) is 0 Å². The van der Waals surface area contributed by atoms with Gasteiger partial charge in [0.1, 0.15) is 0 Å². The third kappa shape index (κ3) is 7.56. The van der Waals surface area contributed by atoms with Crippen molar-refractivity contribution < 1.29 is 40.1 Å². The molecule has 2 aromatic rings. The van der Waals surface area contributed by atoms with Crippen molar-refractivity contribution in [2.45, 2.75) is 46.3 Å². The molecule has 0 fully saturated rings. The van der Waals surface area contributed by atoms with E-state index in [9.17, 15) is 8.78 Å². The minimum Gasteiger partial charge on any atom is -0.393 e. The van der Waals surface area contributed by atoms with Crippen molar-refractivity contribution in [3.63, 3.8) is 0 Å². The van der Waals surface area contributed by atoms with E-state index >= 15 is 0 Å². The van der Waals surface area contributed by atoms with Gasteiger partial charge in [0.05, 0.1) is 17.9 Å². The van der Waals surface area contributed by atoms with E-state index in [1.165, 1.54) is 0 Å². The van der Waals surface area contributed by atoms with E-state index in [0.29, 0.717) is 17.8 Å². The van der Waals surface area contributed by atoms with Gasteiger partial charge in [-0.1, -0.05) is 11.6 Å². The van der Waals surface area contributed by atoms with Crippen molar-refractivity contribution in [1.82, 2.24) is 9.97 Å². The number of benzene rings is 1. The first kappa shape index (κ1) is 22.8. The zero-order valence-electron chi connectivity index (χ0n) is 14.0. The molecule has 1 aromatic carbocycles. The van der Waals surface area contributed by atoms with Gasteiger partial charge in [-0.25, -0.2) is 0 Å². The predicted octanol–water partition coefficient (Wildman–Crippen LogP) is 2.97. The minimum atomic E-state index is -0.679. The minimum absolute atomic E-state index is 0. The topological polar surface area (TPSA) is 66.2 Å². The molecule has 1 aromatic heterocycles. The van der Waals surface area contributed by atoms with Crippen molar-refractivity contribution >= 4 is 0 Å². The number of halogens is 2. The molecule has 2 rings (SSSR count). The van der Waals surface area contributed by atoms with Gasteiger partial charge in [0.15, 0.2) is 0 Å². The molecular formula is C17H21F2N2O2Pt-. The van der Waals surface area contributed by atoms with Gasteiger partial charge >= 0.3 is 0 Å². The Hall–Kier alpha value is -1.23. The van der Waals surface area contributed by atoms with Gasteiger partial charge in [-0.15, -0.1) is 12.1 Å². The summed E-state index contributed by atoms with van der Waals surface area (Å²) in [6.45, 7) is 6.85. The van der Waals surface area contributed by atoms with E-state index in [4.69, 9.17) is 10.2 Å². The summed E-state index contributed by atoms with van der Waals surface area (Å²) in [5, 5.41) is 17.1. The maximum absolute atomic E-state index is 13.5. The number of hydrogen-bond acceptors (Lipinski definition) is 4. The molecule has 136 valence electrons. The summed E-state index contributed by atoms with van der Waals surface area (Å²) in [7, 11) is 0. The van der Waals surface area contributed by atoms with Crippen molar-refractivity contribution in [1.29, 1.82) is 0 Å². The van der Waals surface area contributed by atoms with Crippen molar-refractivity contribution in [3.05, 3.63) is 47.4 Å². The molecule has 0 aliphatic heterocycles. The summed E-state index contributed by atoms with van der Waals surface area (Å²) >= 11 is 0. The molecule has 0 aliphatic rings. The number of aryl methyl sites for hydroxylation is 2. The molecule has 0 aliphatic carbocycles. The number of rotatable bonds is 3. The monoisotopic (exact) mass is 518 g/mol. The van der Waals surface area contributed by atoms with Crippen LogP contribution in [0.1, 0.15) is 31.7 Å². The van der Waals surface area contributed by atoms with Crippen molar-refractivity contribution in [3.8, 4) is 11.3 Å². The zero-order valence-corrected chi connectivity index (χ0v) is 16.2. The third-order valence-corrected chi connectivity index (χ3v) is 2.84. The fraction of sp³-hybridized carbons (Fsp3) is 0.412. The Morgan fingerprint density at radius 1 is 1.17 bits per heavy atom. The average Bonchev–Trinajstić information content (AvgIpc) is 2.39. The first-order chi connectivity index (χ1) is 10.7. The van der Waals surface area contributed by atoms with Crippen molar-refractivity contribution in [2.75, 3.05) is 0 Å². The van der Waals surface area contributed by atoms with Gasteiger partial charge in [0.25, 0.3) is 0 Å². The van der Waals surface area contributed by atoms with Crippen LogP contribution < -0.4 is 0 Å². The van der Waals surface area contributed by atoms with E-state index in [-0.39, 0.29) is 38.8 Å². The van der Waals surface area contributed by atoms with E-state index in [0.717, 1.165) is 17.8 Å². The number of aliphatic hydroxyl groups excluding tert-OH is 2. The third-order valence-electron chi connectivity index (χ3n) is 2.84. The zero-order chi connectivity index (χ0) is 17.6. The predicted molar refractivity (Wildman–Crippen MR) is 83.7 cm³/mol. The van der Waals surface area contributed by atoms with Gasteiger partial charge in [-0.3, -0.25) is 13.8 Å². The number of aromatic nitrogens is 2. The second kappa shape index (κ2) is 10.6. The normalized spacial score (nSPS) is 12.5. The Morgan fingerprint density at radius 2 is 1.75 bits per heavy atom. The number of hydrogen-bond donors (Lipinski definition) is 2. The van der Waals surface area contributed by atoms with Crippen LogP contribution in [-0.2, 0) is 21.1 Å². The molecule has 24 heavy (non-hydrogen) atoms. The van der Waals surface area contributed by atoms with Gasteiger partial charge in [-0.2, -0.15) is 0 Å². The van der Waals surface area contributed by atoms with E-state index < -0.39 is 11.6 Å². The number of aliphatic hydroxyl groups is 2. The molecule has 0 bridgehead atoms. The van der Waals surface area contributed by atoms with Crippen LogP contribution in [0.3, 0.4) is 0 Å². The molecule has 0 saturated heterocycles. The van der Waals surface area contributed by atoms with Crippen LogP contribution in [0.2, 0.25) is 0 Å². The molecular weight excluding hydrogens is 497 g/mol. The second-order valence-corrected chi connectivity index (χ2v) is 5.42. The fourth-order valence-corrected chi connectivity index (χ4v) is 1.96. The molecule has 7 heteroatoms. The maximum atomic E-state index is 13.5. The molecule has 1 heterocycles. The van der Waals surface area contributed by atoms with Crippen LogP contribution in [0.25, 0.3) is 11.3 Å². The standard InChI is InChI=1S/C12H9F2N2.C5H12O2.Pt/c1-7-6-15-12(8(2)16-7)10-4-3-9(13)5-11(10)14;1-4(6)3-5(2)7;/h3,5-6H,1-2H3;4-7H,3H2,1-2H3;/q-1;;. The largest absolute Gasteiger partial charge is 0.393 e. The van der Waals surface area contributed by atoms with Gasteiger partial charge < -0.3 is 15.2 Å².